The van der Waals surface area contributed by atoms with E-state index >= 15 is 0 Å². The normalized spacial score (nSPS) is 13.0. The van der Waals surface area contributed by atoms with Crippen molar-refractivity contribution in [3.05, 3.63) is 78.5 Å². The molecule has 0 radical (unpaired) electrons. The van der Waals surface area contributed by atoms with Crippen molar-refractivity contribution in [2.75, 3.05) is 31.9 Å². The molecule has 4 rings (SSSR count). The molecule has 4 N–H and O–H groups in total. The average molecular weight is 768 g/mol. The van der Waals surface area contributed by atoms with Crippen molar-refractivity contribution < 1.29 is 14.3 Å². The molecule has 3 aromatic rings. The van der Waals surface area contributed by atoms with E-state index in [-0.39, 0.29) is 23.5 Å². The summed E-state index contributed by atoms with van der Waals surface area (Å²) >= 11 is 0. The van der Waals surface area contributed by atoms with Gasteiger partial charge in [-0.2, -0.15) is 4.98 Å². The number of nitrogens with two attached hydrogens (primary N) is 1. The molecule has 10 heteroatoms. The summed E-state index contributed by atoms with van der Waals surface area (Å²) in [4.78, 5) is 23.5. The Kier molecular flexibility index (Phi) is 28.6. The van der Waals surface area contributed by atoms with Gasteiger partial charge in [0.25, 0.3) is 0 Å². The van der Waals surface area contributed by atoms with E-state index in [0.29, 0.717) is 42.4 Å². The quantitative estimate of drug-likeness (QED) is 0.164. The third-order valence-electron chi connectivity index (χ3n) is 8.67. The molecule has 1 amide bonds. The summed E-state index contributed by atoms with van der Waals surface area (Å²) in [7, 11) is 3.40. The highest BCUT2D eigenvalue weighted by Crippen LogP contribution is 2.40. The number of amides is 1. The molecule has 0 saturated heterocycles. The number of methoxy groups -OCH3 is 2. The Labute approximate surface area is 336 Å². The minimum absolute atomic E-state index is 0.0374. The molecule has 0 spiro atoms. The van der Waals surface area contributed by atoms with Gasteiger partial charge in [-0.1, -0.05) is 73.1 Å². The van der Waals surface area contributed by atoms with Crippen LogP contribution in [0.2, 0.25) is 0 Å². The number of pyridine rings is 1. The summed E-state index contributed by atoms with van der Waals surface area (Å²) in [5.41, 5.74) is 8.88. The zero-order valence-corrected chi connectivity index (χ0v) is 37.9. The first-order chi connectivity index (χ1) is 25.6. The van der Waals surface area contributed by atoms with Crippen molar-refractivity contribution in [1.29, 1.82) is 0 Å². The lowest BCUT2D eigenvalue weighted by Gasteiger charge is -2.37. The van der Waals surface area contributed by atoms with Crippen LogP contribution in [0.3, 0.4) is 0 Å². The van der Waals surface area contributed by atoms with E-state index in [1.54, 1.807) is 20.4 Å². The first-order valence-electron chi connectivity index (χ1n) is 20.0. The minimum atomic E-state index is -0.0374. The number of ether oxygens (including phenoxy) is 2. The molecule has 1 fully saturated rings. The fraction of sp³-hybridized carbons (Fsp3) is 0.644. The molecular weight excluding hydrogens is 687 g/mol. The zero-order chi connectivity index (χ0) is 42.7. The summed E-state index contributed by atoms with van der Waals surface area (Å²) < 4.78 is 12.2. The molecule has 0 aromatic carbocycles. The van der Waals surface area contributed by atoms with Gasteiger partial charge in [-0.05, 0) is 110 Å². The summed E-state index contributed by atoms with van der Waals surface area (Å²) in [6.07, 6.45) is 11.4. The third kappa shape index (κ3) is 26.6. The standard InChI is InChI=1S/C9H17NO.C8H14N4.C8H11N.C7H11N.C7H16O2.C6H12/c1-7(2)10-8(11)9(3)5-4-6-9;1-5(2)10-7-4-6(3)11-8(9)12-7;1-7(2)8-4-3-5-9-6-8;1-7(2)8-5-3-4-6-8;1-6(2)7(9-4)5-8-3;1-5(2)6(3)4/h7H,4-6H2,1-3H3,(H,10,11);4-5H,1-3H3,(H3,9,10,11,12);3-7H,1-2H3;3-7H,1-2H3;6-7H,5H2,1-4H3;6H,1H2,2-4H3. The van der Waals surface area contributed by atoms with Crippen LogP contribution in [0.1, 0.15) is 139 Å². The van der Waals surface area contributed by atoms with Gasteiger partial charge in [-0.25, -0.2) is 4.98 Å². The Balaban J connectivity index is 0. The number of anilines is 2. The predicted molar refractivity (Wildman–Crippen MR) is 235 cm³/mol. The van der Waals surface area contributed by atoms with Crippen molar-refractivity contribution in [2.45, 2.75) is 153 Å². The van der Waals surface area contributed by atoms with Crippen LogP contribution in [-0.4, -0.2) is 64.4 Å². The Morgan fingerprint density at radius 3 is 1.78 bits per heavy atom. The van der Waals surface area contributed by atoms with E-state index < -0.39 is 0 Å². The molecule has 1 saturated carbocycles. The van der Waals surface area contributed by atoms with Crippen LogP contribution >= 0.6 is 0 Å². The molecule has 1 aliphatic rings. The minimum Gasteiger partial charge on any atom is -0.382 e. The smallest absolute Gasteiger partial charge is 0.226 e. The maximum atomic E-state index is 11.4. The number of allylic oxidation sites excluding steroid dienone is 1. The van der Waals surface area contributed by atoms with Crippen LogP contribution < -0.4 is 16.4 Å². The van der Waals surface area contributed by atoms with E-state index in [9.17, 15) is 4.79 Å². The number of hydrogen-bond acceptors (Lipinski definition) is 8. The number of carbonyl (C=O) groups is 1. The highest BCUT2D eigenvalue weighted by Gasteiger charge is 2.39. The first kappa shape index (κ1) is 53.3. The monoisotopic (exact) mass is 768 g/mol. The van der Waals surface area contributed by atoms with E-state index in [4.69, 9.17) is 15.2 Å². The zero-order valence-electron chi connectivity index (χ0n) is 37.9. The number of hydrogen-bond donors (Lipinski definition) is 3. The van der Waals surface area contributed by atoms with Gasteiger partial charge in [0.05, 0.1) is 12.7 Å². The molecule has 3 aromatic heterocycles. The molecule has 0 bridgehead atoms. The first-order valence-corrected chi connectivity index (χ1v) is 20.0. The Hall–Kier alpha value is -3.76. The van der Waals surface area contributed by atoms with E-state index in [1.807, 2.05) is 78.9 Å². The van der Waals surface area contributed by atoms with Crippen molar-refractivity contribution in [1.82, 2.24) is 24.8 Å². The summed E-state index contributed by atoms with van der Waals surface area (Å²) in [5, 5.41) is 6.10. The van der Waals surface area contributed by atoms with Gasteiger partial charge in [0.15, 0.2) is 0 Å². The predicted octanol–water partition coefficient (Wildman–Crippen LogP) is 10.7. The number of aromatic nitrogens is 4. The second-order valence-corrected chi connectivity index (χ2v) is 16.2. The summed E-state index contributed by atoms with van der Waals surface area (Å²) in [6, 6.07) is 11.3. The second-order valence-electron chi connectivity index (χ2n) is 16.2. The van der Waals surface area contributed by atoms with Gasteiger partial charge in [0, 0.05) is 74.3 Å². The molecule has 1 unspecified atom stereocenters. The molecule has 0 aliphatic heterocycles. The molecule has 55 heavy (non-hydrogen) atoms. The van der Waals surface area contributed by atoms with Crippen LogP contribution in [0.15, 0.2) is 67.3 Å². The number of rotatable bonds is 11. The Morgan fingerprint density at radius 2 is 1.51 bits per heavy atom. The lowest BCUT2D eigenvalue weighted by atomic mass is 9.70. The van der Waals surface area contributed by atoms with Crippen LogP contribution in [0.25, 0.3) is 0 Å². The van der Waals surface area contributed by atoms with Crippen LogP contribution in [0.4, 0.5) is 11.8 Å². The Bertz CT molecular complexity index is 1360. The highest BCUT2D eigenvalue weighted by atomic mass is 16.5. The lowest BCUT2D eigenvalue weighted by Crippen LogP contribution is -2.45. The average Bonchev–Trinajstić information content (AvgIpc) is 3.63. The second kappa shape index (κ2) is 29.5. The van der Waals surface area contributed by atoms with Gasteiger partial charge in [0.1, 0.15) is 5.82 Å². The van der Waals surface area contributed by atoms with Crippen molar-refractivity contribution in [3.8, 4) is 0 Å². The van der Waals surface area contributed by atoms with E-state index in [0.717, 1.165) is 24.4 Å². The third-order valence-corrected chi connectivity index (χ3v) is 8.67. The SMILES string of the molecule is C=C(C)C(C)C.CC(C)NC(=O)C1(C)CCC1.CC(C)c1cccnc1.CC(C)n1cccc1.COCC(OC)C(C)C.Cc1cc(NC(C)C)nc(N)n1. The largest absolute Gasteiger partial charge is 0.382 e. The van der Waals surface area contributed by atoms with Crippen LogP contribution in [0.5, 0.6) is 0 Å². The number of nitrogens with zero attached hydrogens (tertiary/aromatic N) is 4. The number of carbonyl (C=O) groups excluding carboxylic acids is 1. The number of nitrogens with one attached hydrogen (secondary N) is 2. The molecule has 1 aliphatic carbocycles. The van der Waals surface area contributed by atoms with Gasteiger partial charge >= 0.3 is 0 Å². The Morgan fingerprint density at radius 1 is 0.945 bits per heavy atom. The van der Waals surface area contributed by atoms with Gasteiger partial charge in [0.2, 0.25) is 11.9 Å². The lowest BCUT2D eigenvalue weighted by molar-refractivity contribution is -0.135. The van der Waals surface area contributed by atoms with E-state index in [2.05, 4.69) is 111 Å². The fourth-order valence-corrected chi connectivity index (χ4v) is 4.44. The number of nitrogen functional groups attached to an aromatic ring is 1. The number of aryl methyl sites for hydroxylation is 1. The maximum absolute atomic E-state index is 11.4. The van der Waals surface area contributed by atoms with Crippen molar-refractivity contribution in [3.63, 3.8) is 0 Å². The molecule has 314 valence electrons. The fourth-order valence-electron chi connectivity index (χ4n) is 4.44. The highest BCUT2D eigenvalue weighted by molar-refractivity contribution is 5.83. The van der Waals surface area contributed by atoms with Gasteiger partial charge in [-0.3, -0.25) is 9.78 Å². The maximum Gasteiger partial charge on any atom is 0.226 e. The van der Waals surface area contributed by atoms with Gasteiger partial charge < -0.3 is 30.4 Å². The molecule has 3 heterocycles. The van der Waals surface area contributed by atoms with Crippen molar-refractivity contribution >= 4 is 17.7 Å². The van der Waals surface area contributed by atoms with E-state index in [1.165, 1.54) is 17.6 Å². The van der Waals surface area contributed by atoms with Crippen molar-refractivity contribution in [2.24, 2.45) is 17.3 Å². The topological polar surface area (TPSA) is 129 Å². The molecular formula is C45H81N7O3. The summed E-state index contributed by atoms with van der Waals surface area (Å²) in [5.74, 6) is 3.13. The van der Waals surface area contributed by atoms with Crippen LogP contribution in [-0.2, 0) is 14.3 Å². The molecule has 1 atom stereocenters. The summed E-state index contributed by atoms with van der Waals surface area (Å²) in [6.45, 7) is 35.7. The van der Waals surface area contributed by atoms with Crippen LogP contribution in [0, 0.1) is 24.2 Å². The van der Waals surface area contributed by atoms with Gasteiger partial charge in [-0.15, -0.1) is 0 Å². The molecule has 10 nitrogen and oxygen atoms in total.